The molecule has 0 radical (unpaired) electrons. The van der Waals surface area contributed by atoms with Gasteiger partial charge in [-0.15, -0.1) is 0 Å². The largest absolute Gasteiger partial charge is 0.490 e. The maximum atomic E-state index is 12.1. The van der Waals surface area contributed by atoms with Crippen LogP contribution in [0.2, 0.25) is 0 Å². The summed E-state index contributed by atoms with van der Waals surface area (Å²) in [6.45, 7) is 11.2. The zero-order valence-electron chi connectivity index (χ0n) is 15.3. The maximum absolute atomic E-state index is 12.1. The normalized spacial score (nSPS) is 12.0. The maximum Gasteiger partial charge on any atom is 0.408 e. The first-order valence-electron chi connectivity index (χ1n) is 8.24. The second-order valence-electron chi connectivity index (χ2n) is 6.40. The second kappa shape index (κ2) is 9.71. The number of ether oxygens (including phenoxy) is 3. The van der Waals surface area contributed by atoms with Crippen LogP contribution in [0.3, 0.4) is 0 Å². The predicted molar refractivity (Wildman–Crippen MR) is 95.6 cm³/mol. The van der Waals surface area contributed by atoms with E-state index in [4.69, 9.17) is 14.2 Å². The molecule has 1 unspecified atom stereocenters. The number of hydrogen-bond donors (Lipinski definition) is 1. The molecule has 0 aliphatic rings. The summed E-state index contributed by atoms with van der Waals surface area (Å²) in [6, 6.07) is 6.45. The lowest BCUT2D eigenvalue weighted by Crippen LogP contribution is -2.45. The van der Waals surface area contributed by atoms with Gasteiger partial charge in [0.05, 0.1) is 6.61 Å². The average Bonchev–Trinajstić information content (AvgIpc) is 2.52. The van der Waals surface area contributed by atoms with Gasteiger partial charge in [-0.1, -0.05) is 24.8 Å². The average molecular weight is 349 g/mol. The van der Waals surface area contributed by atoms with Gasteiger partial charge in [-0.2, -0.15) is 0 Å². The third-order valence-corrected chi connectivity index (χ3v) is 2.99. The third-order valence-electron chi connectivity index (χ3n) is 2.99. The predicted octanol–water partition coefficient (Wildman–Crippen LogP) is 3.25. The van der Waals surface area contributed by atoms with E-state index in [1.807, 2.05) is 12.1 Å². The van der Waals surface area contributed by atoms with Gasteiger partial charge in [0.15, 0.2) is 0 Å². The molecule has 138 valence electrons. The Balaban J connectivity index is 2.77. The zero-order chi connectivity index (χ0) is 18.9. The van der Waals surface area contributed by atoms with E-state index in [2.05, 4.69) is 11.9 Å². The van der Waals surface area contributed by atoms with Gasteiger partial charge in [-0.25, -0.2) is 9.59 Å². The summed E-state index contributed by atoms with van der Waals surface area (Å²) in [5, 5.41) is 2.58. The quantitative estimate of drug-likeness (QED) is 0.576. The molecule has 1 aromatic carbocycles. The molecule has 25 heavy (non-hydrogen) atoms. The van der Waals surface area contributed by atoms with E-state index in [9.17, 15) is 9.59 Å². The van der Waals surface area contributed by atoms with E-state index in [0.29, 0.717) is 18.8 Å². The Bertz CT molecular complexity index is 574. The molecule has 0 heterocycles. The molecule has 1 atom stereocenters. The molecule has 0 fully saturated rings. The number of hydrogen-bond acceptors (Lipinski definition) is 5. The highest BCUT2D eigenvalue weighted by Gasteiger charge is 2.25. The standard InChI is InChI=1S/C19H27NO5/c1-6-12-24-15-10-8-14(9-11-15)13-16(17(21)23-7-2)20-18(22)25-19(3,4)5/h6,8-11,16H,1,7,12-13H2,2-5H3,(H,20,22). The molecule has 0 aromatic heterocycles. The van der Waals surface area contributed by atoms with Gasteiger partial charge in [-0.05, 0) is 45.4 Å². The van der Waals surface area contributed by atoms with Gasteiger partial charge in [-0.3, -0.25) is 0 Å². The molecule has 1 rings (SSSR count). The highest BCUT2D eigenvalue weighted by atomic mass is 16.6. The first kappa shape index (κ1) is 20.5. The molecule has 6 nitrogen and oxygen atoms in total. The van der Waals surface area contributed by atoms with Crippen molar-refractivity contribution in [2.24, 2.45) is 0 Å². The molecule has 1 N–H and O–H groups in total. The molecule has 0 aliphatic heterocycles. The molecule has 6 heteroatoms. The third kappa shape index (κ3) is 8.24. The van der Waals surface area contributed by atoms with E-state index < -0.39 is 23.7 Å². The Labute approximate surface area is 149 Å². The zero-order valence-corrected chi connectivity index (χ0v) is 15.3. The van der Waals surface area contributed by atoms with Crippen molar-refractivity contribution in [3.8, 4) is 5.75 Å². The highest BCUT2D eigenvalue weighted by Crippen LogP contribution is 2.14. The van der Waals surface area contributed by atoms with Crippen LogP contribution >= 0.6 is 0 Å². The lowest BCUT2D eigenvalue weighted by molar-refractivity contribution is -0.145. The number of nitrogens with one attached hydrogen (secondary N) is 1. The fourth-order valence-corrected chi connectivity index (χ4v) is 2.00. The van der Waals surface area contributed by atoms with Crippen molar-refractivity contribution in [2.45, 2.75) is 45.8 Å². The first-order valence-corrected chi connectivity index (χ1v) is 8.24. The van der Waals surface area contributed by atoms with Gasteiger partial charge in [0.25, 0.3) is 0 Å². The van der Waals surface area contributed by atoms with Crippen molar-refractivity contribution in [1.29, 1.82) is 0 Å². The molecule has 1 aromatic rings. The molecule has 0 saturated heterocycles. The molecular formula is C19H27NO5. The van der Waals surface area contributed by atoms with Crippen molar-refractivity contribution in [3.63, 3.8) is 0 Å². The van der Waals surface area contributed by atoms with Gasteiger partial charge in [0.1, 0.15) is 24.0 Å². The Hall–Kier alpha value is -2.50. The number of amides is 1. The van der Waals surface area contributed by atoms with E-state index in [0.717, 1.165) is 5.56 Å². The second-order valence-corrected chi connectivity index (χ2v) is 6.40. The molecule has 0 spiro atoms. The van der Waals surface area contributed by atoms with E-state index in [1.54, 1.807) is 45.9 Å². The summed E-state index contributed by atoms with van der Waals surface area (Å²) in [5.74, 6) is 0.205. The lowest BCUT2D eigenvalue weighted by Gasteiger charge is -2.23. The van der Waals surface area contributed by atoms with Crippen LogP contribution in [0.5, 0.6) is 5.75 Å². The summed E-state index contributed by atoms with van der Waals surface area (Å²) in [7, 11) is 0. The van der Waals surface area contributed by atoms with Crippen LogP contribution < -0.4 is 10.1 Å². The van der Waals surface area contributed by atoms with Crippen molar-refractivity contribution in [3.05, 3.63) is 42.5 Å². The van der Waals surface area contributed by atoms with E-state index in [1.165, 1.54) is 0 Å². The van der Waals surface area contributed by atoms with Crippen LogP contribution in [0.1, 0.15) is 33.3 Å². The lowest BCUT2D eigenvalue weighted by atomic mass is 10.1. The van der Waals surface area contributed by atoms with E-state index in [-0.39, 0.29) is 6.61 Å². The van der Waals surface area contributed by atoms with Gasteiger partial charge in [0.2, 0.25) is 0 Å². The number of rotatable bonds is 8. The van der Waals surface area contributed by atoms with Crippen LogP contribution in [0.4, 0.5) is 4.79 Å². The smallest absolute Gasteiger partial charge is 0.408 e. The summed E-state index contributed by atoms with van der Waals surface area (Å²) in [5.41, 5.74) is 0.216. The Morgan fingerprint density at radius 1 is 1.24 bits per heavy atom. The van der Waals surface area contributed by atoms with E-state index >= 15 is 0 Å². The Morgan fingerprint density at radius 3 is 2.40 bits per heavy atom. The number of carbonyl (C=O) groups is 2. The van der Waals surface area contributed by atoms with Crippen molar-refractivity contribution in [1.82, 2.24) is 5.32 Å². The fourth-order valence-electron chi connectivity index (χ4n) is 2.00. The minimum Gasteiger partial charge on any atom is -0.490 e. The molecule has 0 bridgehead atoms. The van der Waals surface area contributed by atoms with Crippen LogP contribution in [0.25, 0.3) is 0 Å². The van der Waals surface area contributed by atoms with Crippen LogP contribution in [0, 0.1) is 0 Å². The van der Waals surface area contributed by atoms with Crippen molar-refractivity contribution in [2.75, 3.05) is 13.2 Å². The van der Waals surface area contributed by atoms with Crippen molar-refractivity contribution >= 4 is 12.1 Å². The van der Waals surface area contributed by atoms with Crippen LogP contribution in [-0.4, -0.2) is 36.9 Å². The summed E-state index contributed by atoms with van der Waals surface area (Å²) in [6.07, 6.45) is 1.30. The van der Waals surface area contributed by atoms with Gasteiger partial charge in [0, 0.05) is 6.42 Å². The molecule has 0 saturated carbocycles. The number of benzene rings is 1. The van der Waals surface area contributed by atoms with Gasteiger partial charge >= 0.3 is 12.1 Å². The highest BCUT2D eigenvalue weighted by molar-refractivity contribution is 5.81. The van der Waals surface area contributed by atoms with Crippen LogP contribution in [-0.2, 0) is 20.7 Å². The minimum atomic E-state index is -0.824. The minimum absolute atomic E-state index is 0.236. The number of carbonyl (C=O) groups excluding carboxylic acids is 2. The number of alkyl carbamates (subject to hydrolysis) is 1. The summed E-state index contributed by atoms with van der Waals surface area (Å²) < 4.78 is 15.7. The monoisotopic (exact) mass is 349 g/mol. The molecule has 1 amide bonds. The SMILES string of the molecule is C=CCOc1ccc(CC(NC(=O)OC(C)(C)C)C(=O)OCC)cc1. The Morgan fingerprint density at radius 2 is 1.88 bits per heavy atom. The molecular weight excluding hydrogens is 322 g/mol. The van der Waals surface area contributed by atoms with Crippen LogP contribution in [0.15, 0.2) is 36.9 Å². The van der Waals surface area contributed by atoms with Gasteiger partial charge < -0.3 is 19.5 Å². The topological polar surface area (TPSA) is 73.9 Å². The summed E-state index contributed by atoms with van der Waals surface area (Å²) in [4.78, 5) is 24.1. The van der Waals surface area contributed by atoms with Crippen molar-refractivity contribution < 1.29 is 23.8 Å². The number of esters is 1. The summed E-state index contributed by atoms with van der Waals surface area (Å²) >= 11 is 0. The first-order chi connectivity index (χ1) is 11.7. The molecule has 0 aliphatic carbocycles. The Kier molecular flexibility index (Phi) is 7.98. The fraction of sp³-hybridized carbons (Fsp3) is 0.474.